The van der Waals surface area contributed by atoms with Crippen LogP contribution in [0.4, 0.5) is 5.95 Å². The molecule has 1 N–H and O–H groups in total. The molecule has 1 saturated heterocycles. The maximum Gasteiger partial charge on any atom is 0.251 e. The van der Waals surface area contributed by atoms with E-state index in [4.69, 9.17) is 4.74 Å². The molecule has 6 nitrogen and oxygen atoms in total. The first-order valence-electron chi connectivity index (χ1n) is 8.11. The monoisotopic (exact) mass is 346 g/mol. The lowest BCUT2D eigenvalue weighted by molar-refractivity contribution is 0.0642. The van der Waals surface area contributed by atoms with Crippen LogP contribution < -0.4 is 10.2 Å². The van der Waals surface area contributed by atoms with Crippen molar-refractivity contribution in [2.75, 3.05) is 38.8 Å². The smallest absolute Gasteiger partial charge is 0.251 e. The number of nitrogens with zero attached hydrogens (tertiary/aromatic N) is 3. The molecule has 128 valence electrons. The van der Waals surface area contributed by atoms with Crippen LogP contribution >= 0.6 is 11.5 Å². The highest BCUT2D eigenvalue weighted by Gasteiger charge is 2.15. The zero-order valence-corrected chi connectivity index (χ0v) is 14.8. The number of aromatic nitrogens is 2. The molecule has 24 heavy (non-hydrogen) atoms. The van der Waals surface area contributed by atoms with Gasteiger partial charge in [-0.15, -0.1) is 0 Å². The van der Waals surface area contributed by atoms with Crippen LogP contribution in [0.3, 0.4) is 0 Å². The Kier molecular flexibility index (Phi) is 5.42. The largest absolute Gasteiger partial charge is 0.381 e. The molecule has 0 unspecified atom stereocenters. The van der Waals surface area contributed by atoms with E-state index in [0.717, 1.165) is 36.6 Å². The van der Waals surface area contributed by atoms with Crippen LogP contribution in [0, 0.1) is 5.92 Å². The van der Waals surface area contributed by atoms with E-state index in [-0.39, 0.29) is 5.91 Å². The van der Waals surface area contributed by atoms with Crippen molar-refractivity contribution in [3.8, 4) is 10.6 Å². The number of benzene rings is 1. The SMILES string of the molecule is CN(C)c1nsc(-c2ccc(C(=O)NCC3CCOCC3)cc2)n1. The summed E-state index contributed by atoms with van der Waals surface area (Å²) >= 11 is 1.36. The van der Waals surface area contributed by atoms with Crippen LogP contribution in [-0.2, 0) is 4.74 Å². The first-order chi connectivity index (χ1) is 11.6. The molecule has 0 radical (unpaired) electrons. The van der Waals surface area contributed by atoms with E-state index in [1.54, 1.807) is 0 Å². The molecule has 1 aromatic heterocycles. The molecule has 0 bridgehead atoms. The summed E-state index contributed by atoms with van der Waals surface area (Å²) in [6, 6.07) is 7.52. The van der Waals surface area contributed by atoms with Crippen molar-refractivity contribution in [3.63, 3.8) is 0 Å². The minimum absolute atomic E-state index is 0.0284. The summed E-state index contributed by atoms with van der Waals surface area (Å²) in [6.45, 7) is 2.31. The molecule has 7 heteroatoms. The lowest BCUT2D eigenvalue weighted by atomic mass is 10.0. The quantitative estimate of drug-likeness (QED) is 0.901. The molecular weight excluding hydrogens is 324 g/mol. The van der Waals surface area contributed by atoms with Gasteiger partial charge in [0.2, 0.25) is 5.95 Å². The second-order valence-corrected chi connectivity index (χ2v) is 6.89. The predicted octanol–water partition coefficient (Wildman–Crippen LogP) is 2.43. The molecule has 0 atom stereocenters. The zero-order chi connectivity index (χ0) is 16.9. The summed E-state index contributed by atoms with van der Waals surface area (Å²) in [4.78, 5) is 18.6. The summed E-state index contributed by atoms with van der Waals surface area (Å²) in [7, 11) is 3.83. The molecule has 2 heterocycles. The number of carbonyl (C=O) groups excluding carboxylic acids is 1. The van der Waals surface area contributed by atoms with E-state index >= 15 is 0 Å². The molecule has 1 aromatic carbocycles. The maximum absolute atomic E-state index is 12.3. The first-order valence-corrected chi connectivity index (χ1v) is 8.88. The van der Waals surface area contributed by atoms with Gasteiger partial charge >= 0.3 is 0 Å². The van der Waals surface area contributed by atoms with Gasteiger partial charge in [-0.05, 0) is 42.4 Å². The second-order valence-electron chi connectivity index (χ2n) is 6.14. The van der Waals surface area contributed by atoms with Gasteiger partial charge in [0, 0.05) is 45.0 Å². The number of anilines is 1. The van der Waals surface area contributed by atoms with Gasteiger partial charge in [0.1, 0.15) is 5.01 Å². The summed E-state index contributed by atoms with van der Waals surface area (Å²) in [5.41, 5.74) is 1.64. The number of carbonyl (C=O) groups is 1. The second kappa shape index (κ2) is 7.72. The lowest BCUT2D eigenvalue weighted by Gasteiger charge is -2.22. The molecule has 3 rings (SSSR count). The van der Waals surface area contributed by atoms with Crippen LogP contribution in [-0.4, -0.2) is 49.1 Å². The van der Waals surface area contributed by atoms with E-state index in [2.05, 4.69) is 14.7 Å². The summed E-state index contributed by atoms with van der Waals surface area (Å²) in [5, 5.41) is 3.87. The number of hydrogen-bond donors (Lipinski definition) is 1. The van der Waals surface area contributed by atoms with E-state index in [9.17, 15) is 4.79 Å². The van der Waals surface area contributed by atoms with Crippen molar-refractivity contribution in [2.45, 2.75) is 12.8 Å². The van der Waals surface area contributed by atoms with E-state index in [1.807, 2.05) is 43.3 Å². The lowest BCUT2D eigenvalue weighted by Crippen LogP contribution is -2.32. The molecule has 1 aliphatic rings. The van der Waals surface area contributed by atoms with E-state index < -0.39 is 0 Å². The van der Waals surface area contributed by atoms with Gasteiger partial charge in [-0.2, -0.15) is 9.36 Å². The topological polar surface area (TPSA) is 67.4 Å². The van der Waals surface area contributed by atoms with Gasteiger partial charge in [-0.3, -0.25) is 4.79 Å². The van der Waals surface area contributed by atoms with Gasteiger partial charge in [-0.25, -0.2) is 0 Å². The minimum atomic E-state index is -0.0284. The predicted molar refractivity (Wildman–Crippen MR) is 95.5 cm³/mol. The highest BCUT2D eigenvalue weighted by molar-refractivity contribution is 7.09. The third-order valence-corrected chi connectivity index (χ3v) is 4.86. The molecule has 0 spiro atoms. The fourth-order valence-corrected chi connectivity index (χ4v) is 3.30. The average molecular weight is 346 g/mol. The van der Waals surface area contributed by atoms with Crippen LogP contribution in [0.25, 0.3) is 10.6 Å². The number of ether oxygens (including phenoxy) is 1. The van der Waals surface area contributed by atoms with Crippen LogP contribution in [0.2, 0.25) is 0 Å². The molecule has 0 aliphatic carbocycles. The van der Waals surface area contributed by atoms with Gasteiger partial charge in [0.25, 0.3) is 5.91 Å². The van der Waals surface area contributed by atoms with Crippen LogP contribution in [0.5, 0.6) is 0 Å². The summed E-state index contributed by atoms with van der Waals surface area (Å²) < 4.78 is 9.63. The fourth-order valence-electron chi connectivity index (χ4n) is 2.57. The average Bonchev–Trinajstić information content (AvgIpc) is 3.11. The first kappa shape index (κ1) is 16.9. The van der Waals surface area contributed by atoms with E-state index in [0.29, 0.717) is 24.0 Å². The molecule has 1 aliphatic heterocycles. The normalized spacial score (nSPS) is 15.2. The van der Waals surface area contributed by atoms with Crippen molar-refractivity contribution < 1.29 is 9.53 Å². The van der Waals surface area contributed by atoms with Gasteiger partial charge in [0.15, 0.2) is 0 Å². The van der Waals surface area contributed by atoms with E-state index in [1.165, 1.54) is 11.5 Å². The Labute approximate surface area is 146 Å². The van der Waals surface area contributed by atoms with Crippen LogP contribution in [0.1, 0.15) is 23.2 Å². The Balaban J connectivity index is 1.59. The zero-order valence-electron chi connectivity index (χ0n) is 14.0. The maximum atomic E-state index is 12.3. The number of amides is 1. The van der Waals surface area contributed by atoms with Gasteiger partial charge in [0.05, 0.1) is 0 Å². The Morgan fingerprint density at radius 2 is 2.00 bits per heavy atom. The Bertz CT molecular complexity index is 678. The standard InChI is InChI=1S/C17H22N4O2S/c1-21(2)17-19-16(24-20-17)14-5-3-13(4-6-14)15(22)18-11-12-7-9-23-10-8-12/h3-6,12H,7-11H2,1-2H3,(H,18,22). The number of nitrogens with one attached hydrogen (secondary N) is 1. The Morgan fingerprint density at radius 1 is 1.29 bits per heavy atom. The summed E-state index contributed by atoms with van der Waals surface area (Å²) in [6.07, 6.45) is 2.04. The van der Waals surface area contributed by atoms with Gasteiger partial charge < -0.3 is 15.0 Å². The highest BCUT2D eigenvalue weighted by atomic mass is 32.1. The van der Waals surface area contributed by atoms with Crippen molar-refractivity contribution in [1.29, 1.82) is 0 Å². The summed E-state index contributed by atoms with van der Waals surface area (Å²) in [5.74, 6) is 1.19. The Hall–Kier alpha value is -1.99. The van der Waals surface area contributed by atoms with Gasteiger partial charge in [-0.1, -0.05) is 12.1 Å². The fraction of sp³-hybridized carbons (Fsp3) is 0.471. The molecule has 2 aromatic rings. The number of rotatable bonds is 5. The molecular formula is C17H22N4O2S. The Morgan fingerprint density at radius 3 is 2.62 bits per heavy atom. The molecule has 0 saturated carbocycles. The third kappa shape index (κ3) is 4.10. The van der Waals surface area contributed by atoms with Crippen molar-refractivity contribution >= 4 is 23.4 Å². The van der Waals surface area contributed by atoms with Crippen molar-refractivity contribution in [1.82, 2.24) is 14.7 Å². The number of hydrogen-bond acceptors (Lipinski definition) is 6. The van der Waals surface area contributed by atoms with Crippen LogP contribution in [0.15, 0.2) is 24.3 Å². The van der Waals surface area contributed by atoms with Crippen molar-refractivity contribution in [2.24, 2.45) is 5.92 Å². The minimum Gasteiger partial charge on any atom is -0.381 e. The van der Waals surface area contributed by atoms with Crippen molar-refractivity contribution in [3.05, 3.63) is 29.8 Å². The molecule has 1 amide bonds. The highest BCUT2D eigenvalue weighted by Crippen LogP contribution is 2.24. The molecule has 1 fully saturated rings. The third-order valence-electron chi connectivity index (χ3n) is 4.10.